The molecule has 1 aromatic heterocycles. The lowest BCUT2D eigenvalue weighted by Crippen LogP contribution is -2.14. The molecule has 0 fully saturated rings. The van der Waals surface area contributed by atoms with E-state index in [0.29, 0.717) is 14.5 Å². The fraction of sp³-hybridized carbons (Fsp3) is 0.105. The van der Waals surface area contributed by atoms with Crippen LogP contribution in [-0.2, 0) is 16.4 Å². The Kier molecular flexibility index (Phi) is 5.11. The summed E-state index contributed by atoms with van der Waals surface area (Å²) in [5.41, 5.74) is 4.82. The molecule has 1 N–H and O–H groups in total. The number of fused-ring (bicyclic) bond motifs is 1. The largest absolute Gasteiger partial charge is 0.284 e. The van der Waals surface area contributed by atoms with Crippen LogP contribution in [0, 0.1) is 0 Å². The van der Waals surface area contributed by atoms with Crippen molar-refractivity contribution in [3.63, 3.8) is 0 Å². The number of nitrogens with one attached hydrogen (secondary N) is 1. The molecule has 0 saturated carbocycles. The van der Waals surface area contributed by atoms with E-state index in [-0.39, 0.29) is 4.21 Å². The number of benzene rings is 2. The third kappa shape index (κ3) is 3.82. The van der Waals surface area contributed by atoms with Gasteiger partial charge < -0.3 is 0 Å². The smallest absolute Gasteiger partial charge is 0.271 e. The highest BCUT2D eigenvalue weighted by Gasteiger charge is 2.20. The first-order valence-corrected chi connectivity index (χ1v) is 11.6. The van der Waals surface area contributed by atoms with Crippen molar-refractivity contribution in [2.24, 2.45) is 4.99 Å². The van der Waals surface area contributed by atoms with Crippen LogP contribution in [-0.4, -0.2) is 20.7 Å². The predicted octanol–water partition coefficient (Wildman–Crippen LogP) is 5.36. The van der Waals surface area contributed by atoms with Crippen LogP contribution in [0.3, 0.4) is 0 Å². The summed E-state index contributed by atoms with van der Waals surface area (Å²) in [4.78, 5) is 4.67. The molecule has 138 valence electrons. The molecule has 0 amide bonds. The van der Waals surface area contributed by atoms with Crippen LogP contribution in [0.25, 0.3) is 0 Å². The second-order valence-electron chi connectivity index (χ2n) is 6.01. The van der Waals surface area contributed by atoms with Gasteiger partial charge in [0.2, 0.25) is 0 Å². The summed E-state index contributed by atoms with van der Waals surface area (Å²) >= 11 is 10.2. The lowest BCUT2D eigenvalue weighted by molar-refractivity contribution is 0.603. The normalized spacial score (nSPS) is 13.8. The summed E-state index contributed by atoms with van der Waals surface area (Å²) in [7, 11) is -3.68. The minimum absolute atomic E-state index is 0.161. The second kappa shape index (κ2) is 7.39. The number of thiophene rings is 1. The quantitative estimate of drug-likeness (QED) is 0.545. The number of hydrogen-bond donors (Lipinski definition) is 1. The van der Waals surface area contributed by atoms with Crippen LogP contribution < -0.4 is 4.72 Å². The Morgan fingerprint density at radius 1 is 1.11 bits per heavy atom. The molecule has 0 atom stereocenters. The summed E-state index contributed by atoms with van der Waals surface area (Å²) in [6.07, 6.45) is 0.941. The Hall–Kier alpha value is -1.67. The SMILES string of the molecule is O=S(=O)(Nc1ccc(C2=NCCc3ccccc32)cc1)c1cc(Br)c(Cl)s1. The number of sulfonamides is 1. The molecule has 0 radical (unpaired) electrons. The number of aliphatic imine (C=N–C) groups is 1. The summed E-state index contributed by atoms with van der Waals surface area (Å²) < 4.78 is 28.7. The molecule has 0 saturated heterocycles. The van der Waals surface area contributed by atoms with Gasteiger partial charge in [-0.15, -0.1) is 11.3 Å². The van der Waals surface area contributed by atoms with Crippen molar-refractivity contribution in [1.29, 1.82) is 0 Å². The van der Waals surface area contributed by atoms with Crippen LogP contribution in [0.1, 0.15) is 16.7 Å². The highest BCUT2D eigenvalue weighted by atomic mass is 79.9. The summed E-state index contributed by atoms with van der Waals surface area (Å²) in [6, 6.07) is 17.0. The first kappa shape index (κ1) is 18.7. The van der Waals surface area contributed by atoms with Gasteiger partial charge in [-0.1, -0.05) is 48.0 Å². The Bertz CT molecular complexity index is 1120. The molecule has 27 heavy (non-hydrogen) atoms. The molecule has 0 aliphatic carbocycles. The second-order valence-corrected chi connectivity index (χ2v) is 10.4. The zero-order valence-corrected chi connectivity index (χ0v) is 17.9. The van der Waals surface area contributed by atoms with Gasteiger partial charge >= 0.3 is 0 Å². The Morgan fingerprint density at radius 2 is 1.85 bits per heavy atom. The average molecular weight is 482 g/mol. The fourth-order valence-corrected chi connectivity index (χ4v) is 6.31. The maximum atomic E-state index is 12.5. The highest BCUT2D eigenvalue weighted by Crippen LogP contribution is 2.35. The first-order valence-electron chi connectivity index (χ1n) is 8.15. The molecule has 1 aliphatic rings. The number of hydrogen-bond acceptors (Lipinski definition) is 4. The fourth-order valence-electron chi connectivity index (χ4n) is 2.95. The third-order valence-corrected chi connectivity index (χ3v) is 8.55. The van der Waals surface area contributed by atoms with Crippen molar-refractivity contribution in [3.8, 4) is 0 Å². The van der Waals surface area contributed by atoms with Gasteiger partial charge in [0.25, 0.3) is 10.0 Å². The highest BCUT2D eigenvalue weighted by molar-refractivity contribution is 9.10. The van der Waals surface area contributed by atoms with E-state index in [9.17, 15) is 8.42 Å². The molecular weight excluding hydrogens is 468 g/mol. The number of anilines is 1. The minimum Gasteiger partial charge on any atom is -0.284 e. The van der Waals surface area contributed by atoms with Crippen LogP contribution in [0.2, 0.25) is 4.34 Å². The standard InChI is InChI=1S/C19H14BrClN2O2S2/c20-16-11-17(26-19(16)21)27(24,25)23-14-7-5-13(6-8-14)18-15-4-2-1-3-12(15)9-10-22-18/h1-8,11,23H,9-10H2. The molecule has 2 aromatic carbocycles. The predicted molar refractivity (Wildman–Crippen MR) is 115 cm³/mol. The van der Waals surface area contributed by atoms with Crippen molar-refractivity contribution >= 4 is 60.3 Å². The van der Waals surface area contributed by atoms with Crippen molar-refractivity contribution in [1.82, 2.24) is 0 Å². The van der Waals surface area contributed by atoms with Crippen LogP contribution in [0.15, 0.2) is 68.3 Å². The van der Waals surface area contributed by atoms with Crippen LogP contribution in [0.5, 0.6) is 0 Å². The zero-order chi connectivity index (χ0) is 19.0. The Labute approximate surface area is 175 Å². The topological polar surface area (TPSA) is 58.5 Å². The van der Waals surface area contributed by atoms with Gasteiger partial charge in [-0.05, 0) is 46.1 Å². The number of rotatable bonds is 4. The van der Waals surface area contributed by atoms with Gasteiger partial charge in [0, 0.05) is 27.8 Å². The van der Waals surface area contributed by atoms with Gasteiger partial charge in [0.1, 0.15) is 8.55 Å². The van der Waals surface area contributed by atoms with Gasteiger partial charge in [0.15, 0.2) is 0 Å². The van der Waals surface area contributed by atoms with E-state index in [1.54, 1.807) is 12.1 Å². The zero-order valence-electron chi connectivity index (χ0n) is 13.9. The van der Waals surface area contributed by atoms with Crippen molar-refractivity contribution in [2.75, 3.05) is 11.3 Å². The van der Waals surface area contributed by atoms with Gasteiger partial charge in [-0.3, -0.25) is 9.71 Å². The van der Waals surface area contributed by atoms with E-state index in [0.717, 1.165) is 41.1 Å². The summed E-state index contributed by atoms with van der Waals surface area (Å²) in [6.45, 7) is 0.759. The Morgan fingerprint density at radius 3 is 2.56 bits per heavy atom. The lowest BCUT2D eigenvalue weighted by atomic mass is 9.93. The van der Waals surface area contributed by atoms with Gasteiger partial charge in [-0.25, -0.2) is 8.42 Å². The van der Waals surface area contributed by atoms with E-state index in [4.69, 9.17) is 11.6 Å². The molecule has 4 nitrogen and oxygen atoms in total. The van der Waals surface area contributed by atoms with Crippen molar-refractivity contribution < 1.29 is 8.42 Å². The van der Waals surface area contributed by atoms with E-state index in [1.165, 1.54) is 11.6 Å². The number of halogens is 2. The average Bonchev–Trinajstić information content (AvgIpc) is 3.01. The van der Waals surface area contributed by atoms with Gasteiger partial charge in [0.05, 0.1) is 5.71 Å². The van der Waals surface area contributed by atoms with E-state index in [2.05, 4.69) is 37.8 Å². The molecule has 8 heteroatoms. The van der Waals surface area contributed by atoms with E-state index < -0.39 is 10.0 Å². The summed E-state index contributed by atoms with van der Waals surface area (Å²) in [5, 5.41) is 0. The van der Waals surface area contributed by atoms with Crippen molar-refractivity contribution in [3.05, 3.63) is 80.1 Å². The maximum absolute atomic E-state index is 12.5. The molecule has 0 unspecified atom stereocenters. The first-order chi connectivity index (χ1) is 12.9. The van der Waals surface area contributed by atoms with Crippen LogP contribution in [0.4, 0.5) is 5.69 Å². The summed E-state index contributed by atoms with van der Waals surface area (Å²) in [5.74, 6) is 0. The maximum Gasteiger partial charge on any atom is 0.271 e. The molecular formula is C19H14BrClN2O2S2. The number of nitrogens with zero attached hydrogens (tertiary/aromatic N) is 1. The third-order valence-electron chi connectivity index (χ3n) is 4.22. The minimum atomic E-state index is -3.68. The Balaban J connectivity index is 1.59. The molecule has 1 aliphatic heterocycles. The van der Waals surface area contributed by atoms with Gasteiger partial charge in [-0.2, -0.15) is 0 Å². The molecule has 0 bridgehead atoms. The molecule has 4 rings (SSSR count). The molecule has 0 spiro atoms. The molecule has 2 heterocycles. The van der Waals surface area contributed by atoms with Crippen LogP contribution >= 0.6 is 38.9 Å². The lowest BCUT2D eigenvalue weighted by Gasteiger charge is -2.17. The van der Waals surface area contributed by atoms with E-state index >= 15 is 0 Å². The molecule has 3 aromatic rings. The van der Waals surface area contributed by atoms with E-state index in [1.807, 2.05) is 24.3 Å². The van der Waals surface area contributed by atoms with Crippen molar-refractivity contribution in [2.45, 2.75) is 10.6 Å². The monoisotopic (exact) mass is 480 g/mol.